The fourth-order valence-corrected chi connectivity index (χ4v) is 2.41. The van der Waals surface area contributed by atoms with E-state index in [9.17, 15) is 0 Å². The summed E-state index contributed by atoms with van der Waals surface area (Å²) in [5.41, 5.74) is 6.70. The Kier molecular flexibility index (Phi) is 5.49. The van der Waals surface area contributed by atoms with Crippen LogP contribution in [0.15, 0.2) is 23.1 Å². The molecule has 0 heterocycles. The summed E-state index contributed by atoms with van der Waals surface area (Å²) < 4.78 is 5.43. The van der Waals surface area contributed by atoms with Gasteiger partial charge in [0, 0.05) is 16.8 Å². The molecule has 1 unspecified atom stereocenters. The molecule has 0 aliphatic heterocycles. The highest BCUT2D eigenvalue weighted by Gasteiger charge is 2.09. The first kappa shape index (κ1) is 13.2. The van der Waals surface area contributed by atoms with Crippen molar-refractivity contribution in [2.24, 2.45) is 0 Å². The highest BCUT2D eigenvalue weighted by atomic mass is 32.2. The molecule has 0 saturated heterocycles. The molecular formula is C12H19NO2S. The van der Waals surface area contributed by atoms with Crippen molar-refractivity contribution >= 4 is 17.4 Å². The van der Waals surface area contributed by atoms with E-state index in [2.05, 4.69) is 6.92 Å². The fraction of sp³-hybridized carbons (Fsp3) is 0.500. The summed E-state index contributed by atoms with van der Waals surface area (Å²) in [4.78, 5) is 1.02. The van der Waals surface area contributed by atoms with Gasteiger partial charge in [-0.3, -0.25) is 0 Å². The van der Waals surface area contributed by atoms with E-state index >= 15 is 0 Å². The average Bonchev–Trinajstić information content (AvgIpc) is 2.24. The summed E-state index contributed by atoms with van der Waals surface area (Å²) in [6.45, 7) is 4.84. The van der Waals surface area contributed by atoms with Crippen molar-refractivity contribution in [3.8, 4) is 5.75 Å². The van der Waals surface area contributed by atoms with Crippen LogP contribution in [-0.2, 0) is 0 Å². The van der Waals surface area contributed by atoms with Gasteiger partial charge in [-0.25, -0.2) is 0 Å². The zero-order chi connectivity index (χ0) is 12.0. The average molecular weight is 241 g/mol. The second-order valence-corrected chi connectivity index (χ2v) is 5.02. The number of nitrogen functional groups attached to an aromatic ring is 1. The van der Waals surface area contributed by atoms with E-state index in [1.807, 2.05) is 25.1 Å². The molecular weight excluding hydrogens is 222 g/mol. The Morgan fingerprint density at radius 3 is 2.88 bits per heavy atom. The molecule has 0 spiro atoms. The summed E-state index contributed by atoms with van der Waals surface area (Å²) in [6, 6.07) is 5.80. The second kappa shape index (κ2) is 6.66. The van der Waals surface area contributed by atoms with Crippen molar-refractivity contribution in [1.82, 2.24) is 0 Å². The molecule has 0 amide bonds. The summed E-state index contributed by atoms with van der Waals surface area (Å²) in [5.74, 6) is 0.740. The first-order chi connectivity index (χ1) is 7.69. The van der Waals surface area contributed by atoms with Crippen molar-refractivity contribution in [1.29, 1.82) is 0 Å². The minimum Gasteiger partial charge on any atom is -0.492 e. The first-order valence-corrected chi connectivity index (χ1v) is 6.35. The third-order valence-corrected chi connectivity index (χ3v) is 3.44. The van der Waals surface area contributed by atoms with Crippen molar-refractivity contribution < 1.29 is 9.84 Å². The van der Waals surface area contributed by atoms with Gasteiger partial charge in [0.1, 0.15) is 5.75 Å². The Morgan fingerprint density at radius 1 is 1.50 bits per heavy atom. The van der Waals surface area contributed by atoms with Crippen molar-refractivity contribution in [2.75, 3.05) is 18.9 Å². The van der Waals surface area contributed by atoms with E-state index in [0.717, 1.165) is 17.1 Å². The summed E-state index contributed by atoms with van der Waals surface area (Å²) in [5, 5.41) is 9.20. The van der Waals surface area contributed by atoms with Crippen molar-refractivity contribution in [2.45, 2.75) is 30.4 Å². The normalized spacial score (nSPS) is 12.4. The van der Waals surface area contributed by atoms with Crippen LogP contribution in [0.1, 0.15) is 20.3 Å². The van der Waals surface area contributed by atoms with E-state index in [-0.39, 0.29) is 6.61 Å². The number of para-hydroxylation sites is 1. The van der Waals surface area contributed by atoms with Gasteiger partial charge in [-0.15, -0.1) is 11.8 Å². The molecule has 16 heavy (non-hydrogen) atoms. The molecule has 0 aliphatic rings. The lowest BCUT2D eigenvalue weighted by atomic mass is 10.3. The summed E-state index contributed by atoms with van der Waals surface area (Å²) in [6.07, 6.45) is 0.767. The maximum absolute atomic E-state index is 8.85. The molecule has 4 heteroatoms. The molecule has 1 atom stereocenters. The Labute approximate surface area is 101 Å². The van der Waals surface area contributed by atoms with Gasteiger partial charge in [0.15, 0.2) is 0 Å². The number of thioether (sulfide) groups is 1. The van der Waals surface area contributed by atoms with E-state index in [0.29, 0.717) is 17.5 Å². The molecule has 0 radical (unpaired) electrons. The quantitative estimate of drug-likeness (QED) is 0.593. The van der Waals surface area contributed by atoms with Gasteiger partial charge >= 0.3 is 0 Å². The lowest BCUT2D eigenvalue weighted by molar-refractivity contribution is 0.289. The van der Waals surface area contributed by atoms with Gasteiger partial charge in [-0.1, -0.05) is 13.0 Å². The maximum atomic E-state index is 8.85. The fourth-order valence-electron chi connectivity index (χ4n) is 1.37. The molecule has 1 aromatic carbocycles. The van der Waals surface area contributed by atoms with Gasteiger partial charge in [-0.2, -0.15) is 0 Å². The van der Waals surface area contributed by atoms with Crippen LogP contribution in [0, 0.1) is 0 Å². The zero-order valence-corrected chi connectivity index (χ0v) is 10.6. The number of aliphatic hydroxyl groups excluding tert-OH is 1. The van der Waals surface area contributed by atoms with Crippen LogP contribution < -0.4 is 10.5 Å². The summed E-state index contributed by atoms with van der Waals surface area (Å²) in [7, 11) is 0. The van der Waals surface area contributed by atoms with Crippen LogP contribution in [0.3, 0.4) is 0 Å². The zero-order valence-electron chi connectivity index (χ0n) is 9.77. The van der Waals surface area contributed by atoms with Gasteiger partial charge in [0.05, 0.1) is 12.3 Å². The number of aliphatic hydroxyl groups is 1. The van der Waals surface area contributed by atoms with Crippen molar-refractivity contribution in [3.05, 3.63) is 18.2 Å². The predicted octanol–water partition coefficient (Wildman–Crippen LogP) is 2.53. The van der Waals surface area contributed by atoms with Crippen LogP contribution in [0.5, 0.6) is 5.75 Å². The summed E-state index contributed by atoms with van der Waals surface area (Å²) >= 11 is 1.67. The van der Waals surface area contributed by atoms with Gasteiger partial charge in [-0.05, 0) is 25.5 Å². The third-order valence-electron chi connectivity index (χ3n) is 2.19. The van der Waals surface area contributed by atoms with Crippen molar-refractivity contribution in [3.63, 3.8) is 0 Å². The lowest BCUT2D eigenvalue weighted by Crippen LogP contribution is -2.02. The highest BCUT2D eigenvalue weighted by molar-refractivity contribution is 8.00. The third kappa shape index (κ3) is 3.61. The van der Waals surface area contributed by atoms with E-state index < -0.39 is 0 Å². The molecule has 0 aromatic heterocycles. The number of hydrogen-bond donors (Lipinski definition) is 2. The topological polar surface area (TPSA) is 55.5 Å². The minimum atomic E-state index is 0.208. The molecule has 1 rings (SSSR count). The monoisotopic (exact) mass is 241 g/mol. The van der Waals surface area contributed by atoms with E-state index in [1.54, 1.807) is 11.8 Å². The Morgan fingerprint density at radius 2 is 2.25 bits per heavy atom. The maximum Gasteiger partial charge on any atom is 0.143 e. The number of rotatable bonds is 6. The number of nitrogens with two attached hydrogens (primary N) is 1. The molecule has 0 fully saturated rings. The Hall–Kier alpha value is -0.870. The molecule has 3 nitrogen and oxygen atoms in total. The Bertz CT molecular complexity index is 331. The molecule has 90 valence electrons. The molecule has 3 N–H and O–H groups in total. The highest BCUT2D eigenvalue weighted by Crippen LogP contribution is 2.35. The molecule has 0 bridgehead atoms. The van der Waals surface area contributed by atoms with Crippen LogP contribution >= 0.6 is 11.8 Å². The molecule has 1 aromatic rings. The predicted molar refractivity (Wildman–Crippen MR) is 69.0 cm³/mol. The molecule has 0 aliphatic carbocycles. The van der Waals surface area contributed by atoms with Crippen LogP contribution in [0.25, 0.3) is 0 Å². The van der Waals surface area contributed by atoms with Gasteiger partial charge in [0.25, 0.3) is 0 Å². The number of anilines is 1. The van der Waals surface area contributed by atoms with Crippen LogP contribution in [0.2, 0.25) is 0 Å². The van der Waals surface area contributed by atoms with E-state index in [1.165, 1.54) is 0 Å². The number of ether oxygens (including phenoxy) is 1. The van der Waals surface area contributed by atoms with Crippen LogP contribution in [0.4, 0.5) is 5.69 Å². The standard InChI is InChI=1S/C12H19NO2S/c1-3-15-10-5-4-6-11(12(10)13)16-9(2)7-8-14/h4-6,9,14H,3,7-8,13H2,1-2H3. The molecule has 0 saturated carbocycles. The lowest BCUT2D eigenvalue weighted by Gasteiger charge is -2.14. The second-order valence-electron chi connectivity index (χ2n) is 3.54. The number of benzene rings is 1. The SMILES string of the molecule is CCOc1cccc(SC(C)CCO)c1N. The smallest absolute Gasteiger partial charge is 0.143 e. The van der Waals surface area contributed by atoms with E-state index in [4.69, 9.17) is 15.6 Å². The minimum absolute atomic E-state index is 0.208. The number of hydrogen-bond acceptors (Lipinski definition) is 4. The van der Waals surface area contributed by atoms with Gasteiger partial charge < -0.3 is 15.6 Å². The first-order valence-electron chi connectivity index (χ1n) is 5.47. The largest absolute Gasteiger partial charge is 0.492 e. The van der Waals surface area contributed by atoms with Crippen LogP contribution in [-0.4, -0.2) is 23.6 Å². The van der Waals surface area contributed by atoms with Gasteiger partial charge in [0.2, 0.25) is 0 Å². The Balaban J connectivity index is 2.76.